The molecular weight excluding hydrogens is 509 g/mol. The molecule has 0 radical (unpaired) electrons. The van der Waals surface area contributed by atoms with E-state index in [-0.39, 0.29) is 28.7 Å². The molecule has 0 atom stereocenters. The molecule has 0 bridgehead atoms. The molecule has 4 aromatic rings. The molecule has 8 nitrogen and oxygen atoms in total. The van der Waals surface area contributed by atoms with Crippen molar-refractivity contribution in [3.05, 3.63) is 45.9 Å². The highest BCUT2D eigenvalue weighted by Gasteiger charge is 2.30. The monoisotopic (exact) mass is 545 g/mol. The maximum Gasteiger partial charge on any atom is 0.202 e. The Labute approximate surface area is 232 Å². The normalized spacial score (nSPS) is 17.5. The first-order valence-electron chi connectivity index (χ1n) is 14.3. The molecule has 40 heavy (non-hydrogen) atoms. The van der Waals surface area contributed by atoms with E-state index in [4.69, 9.17) is 9.47 Å². The van der Waals surface area contributed by atoms with Crippen molar-refractivity contribution in [2.75, 3.05) is 44.3 Å². The van der Waals surface area contributed by atoms with Crippen LogP contribution >= 0.6 is 0 Å². The van der Waals surface area contributed by atoms with E-state index in [9.17, 15) is 10.1 Å². The summed E-state index contributed by atoms with van der Waals surface area (Å²) in [4.78, 5) is 22.1. The van der Waals surface area contributed by atoms with Crippen molar-refractivity contribution in [1.82, 2.24) is 14.5 Å². The van der Waals surface area contributed by atoms with E-state index in [0.29, 0.717) is 44.7 Å². The van der Waals surface area contributed by atoms with Gasteiger partial charge in [-0.25, -0.2) is 4.39 Å². The van der Waals surface area contributed by atoms with Gasteiger partial charge in [0.1, 0.15) is 5.65 Å². The molecule has 2 aliphatic rings. The number of piperazine rings is 1. The molecule has 2 aromatic heterocycles. The summed E-state index contributed by atoms with van der Waals surface area (Å²) in [6.07, 6.45) is 1.83. The van der Waals surface area contributed by atoms with Gasteiger partial charge in [0.15, 0.2) is 11.6 Å². The fourth-order valence-electron chi connectivity index (χ4n) is 6.42. The summed E-state index contributed by atoms with van der Waals surface area (Å²) in [6.45, 7) is 12.7. The van der Waals surface area contributed by atoms with Crippen LogP contribution < -0.4 is 15.1 Å². The molecule has 2 aliphatic heterocycles. The van der Waals surface area contributed by atoms with Crippen LogP contribution in [-0.2, 0) is 4.74 Å². The number of pyridine rings is 1. The molecule has 0 amide bonds. The van der Waals surface area contributed by atoms with Crippen LogP contribution in [0.4, 0.5) is 10.1 Å². The van der Waals surface area contributed by atoms with Gasteiger partial charge in [-0.15, -0.1) is 0 Å². The van der Waals surface area contributed by atoms with Gasteiger partial charge in [-0.1, -0.05) is 6.07 Å². The van der Waals surface area contributed by atoms with E-state index in [1.54, 1.807) is 18.2 Å². The van der Waals surface area contributed by atoms with Gasteiger partial charge in [0.05, 0.1) is 39.7 Å². The standard InChI is InChI=1S/C31H36FN5O3/c1-18(2)37-24-16-25(36-11-9-35(10-12-36)21-7-13-39-14-8-21)30(40-19(3)4)28(32)27(24)29(38)26-22-6-5-20(17-33)15-23(22)34-31(26)37/h5-6,15-16,18-19,21,34H,7-14H2,1-4H3. The van der Waals surface area contributed by atoms with Crippen LogP contribution in [0.3, 0.4) is 0 Å². The summed E-state index contributed by atoms with van der Waals surface area (Å²) >= 11 is 0. The molecule has 2 saturated heterocycles. The minimum absolute atomic E-state index is 0.0340. The second-order valence-electron chi connectivity index (χ2n) is 11.5. The van der Waals surface area contributed by atoms with E-state index >= 15 is 4.39 Å². The average Bonchev–Trinajstić information content (AvgIpc) is 3.33. The summed E-state index contributed by atoms with van der Waals surface area (Å²) in [6, 6.07) is 9.74. The van der Waals surface area contributed by atoms with Crippen LogP contribution in [0.5, 0.6) is 5.75 Å². The molecule has 210 valence electrons. The van der Waals surface area contributed by atoms with Crippen molar-refractivity contribution < 1.29 is 13.9 Å². The number of benzene rings is 2. The van der Waals surface area contributed by atoms with E-state index in [0.717, 1.165) is 52.2 Å². The molecular formula is C31H36FN5O3. The van der Waals surface area contributed by atoms with Crippen molar-refractivity contribution in [1.29, 1.82) is 5.26 Å². The van der Waals surface area contributed by atoms with Crippen LogP contribution in [0, 0.1) is 17.1 Å². The van der Waals surface area contributed by atoms with Gasteiger partial charge < -0.3 is 23.9 Å². The van der Waals surface area contributed by atoms with Crippen LogP contribution in [-0.4, -0.2) is 66.0 Å². The predicted octanol–water partition coefficient (Wildman–Crippen LogP) is 5.32. The molecule has 1 N–H and O–H groups in total. The Morgan fingerprint density at radius 1 is 1.07 bits per heavy atom. The Morgan fingerprint density at radius 2 is 1.80 bits per heavy atom. The van der Waals surface area contributed by atoms with Gasteiger partial charge >= 0.3 is 0 Å². The highest BCUT2D eigenvalue weighted by molar-refractivity contribution is 6.10. The second kappa shape index (κ2) is 10.4. The van der Waals surface area contributed by atoms with Crippen molar-refractivity contribution >= 4 is 38.5 Å². The highest BCUT2D eigenvalue weighted by atomic mass is 19.1. The molecule has 0 saturated carbocycles. The summed E-state index contributed by atoms with van der Waals surface area (Å²) in [5.74, 6) is -0.474. The summed E-state index contributed by atoms with van der Waals surface area (Å²) in [5.41, 5.74) is 2.65. The number of nitrogens with one attached hydrogen (secondary N) is 1. The first kappa shape index (κ1) is 26.6. The lowest BCUT2D eigenvalue weighted by Crippen LogP contribution is -2.51. The Hall–Kier alpha value is -3.61. The highest BCUT2D eigenvalue weighted by Crippen LogP contribution is 2.40. The third-order valence-electron chi connectivity index (χ3n) is 8.28. The molecule has 0 spiro atoms. The maximum atomic E-state index is 16.6. The van der Waals surface area contributed by atoms with Crippen molar-refractivity contribution in [2.24, 2.45) is 0 Å². The molecule has 6 rings (SSSR count). The summed E-state index contributed by atoms with van der Waals surface area (Å²) in [5, 5.41) is 10.5. The number of aromatic nitrogens is 2. The zero-order chi connectivity index (χ0) is 28.1. The van der Waals surface area contributed by atoms with Gasteiger partial charge in [-0.2, -0.15) is 5.26 Å². The lowest BCUT2D eigenvalue weighted by Gasteiger charge is -2.42. The van der Waals surface area contributed by atoms with Gasteiger partial charge in [0, 0.05) is 62.4 Å². The lowest BCUT2D eigenvalue weighted by atomic mass is 10.0. The minimum Gasteiger partial charge on any atom is -0.486 e. The Balaban J connectivity index is 1.54. The zero-order valence-corrected chi connectivity index (χ0v) is 23.6. The van der Waals surface area contributed by atoms with Crippen LogP contribution in [0.1, 0.15) is 52.1 Å². The van der Waals surface area contributed by atoms with Gasteiger partial charge in [0.25, 0.3) is 0 Å². The fourth-order valence-corrected chi connectivity index (χ4v) is 6.42. The average molecular weight is 546 g/mol. The van der Waals surface area contributed by atoms with E-state index in [2.05, 4.69) is 20.9 Å². The maximum absolute atomic E-state index is 16.6. The van der Waals surface area contributed by atoms with E-state index in [1.165, 1.54) is 0 Å². The number of anilines is 1. The number of H-pyrrole nitrogens is 1. The summed E-state index contributed by atoms with van der Waals surface area (Å²) in [7, 11) is 0. The van der Waals surface area contributed by atoms with E-state index < -0.39 is 5.82 Å². The number of nitriles is 1. The van der Waals surface area contributed by atoms with Crippen molar-refractivity contribution in [3.63, 3.8) is 0 Å². The van der Waals surface area contributed by atoms with E-state index in [1.807, 2.05) is 38.3 Å². The smallest absolute Gasteiger partial charge is 0.202 e. The molecule has 0 unspecified atom stereocenters. The SMILES string of the molecule is CC(C)Oc1c(N2CCN(C3CCOCC3)CC2)cc2c(c1F)c(=O)c1c3ccc(C#N)cc3[nH]c1n2C(C)C. The number of hydrogen-bond donors (Lipinski definition) is 1. The van der Waals surface area contributed by atoms with Crippen molar-refractivity contribution in [2.45, 2.75) is 58.7 Å². The Bertz CT molecular complexity index is 1690. The molecule has 4 heterocycles. The minimum atomic E-state index is -0.614. The number of aromatic amines is 1. The Morgan fingerprint density at radius 3 is 2.45 bits per heavy atom. The van der Waals surface area contributed by atoms with Gasteiger partial charge in [0.2, 0.25) is 5.43 Å². The number of ether oxygens (including phenoxy) is 2. The second-order valence-corrected chi connectivity index (χ2v) is 11.5. The predicted molar refractivity (Wildman–Crippen MR) is 156 cm³/mol. The third-order valence-corrected chi connectivity index (χ3v) is 8.28. The van der Waals surface area contributed by atoms with Crippen LogP contribution in [0.15, 0.2) is 29.1 Å². The zero-order valence-electron chi connectivity index (χ0n) is 23.6. The molecule has 0 aliphatic carbocycles. The number of halogens is 1. The first-order valence-corrected chi connectivity index (χ1v) is 14.3. The first-order chi connectivity index (χ1) is 19.3. The third kappa shape index (κ3) is 4.40. The topological polar surface area (TPSA) is 86.5 Å². The number of nitrogens with zero attached hydrogens (tertiary/aromatic N) is 4. The van der Waals surface area contributed by atoms with Crippen molar-refractivity contribution in [3.8, 4) is 11.8 Å². The van der Waals surface area contributed by atoms with Gasteiger partial charge in [-0.05, 0) is 58.7 Å². The largest absolute Gasteiger partial charge is 0.486 e. The van der Waals surface area contributed by atoms with Crippen LogP contribution in [0.2, 0.25) is 0 Å². The number of fused-ring (bicyclic) bond motifs is 4. The molecule has 9 heteroatoms. The van der Waals surface area contributed by atoms with Crippen LogP contribution in [0.25, 0.3) is 32.8 Å². The molecule has 2 fully saturated rings. The lowest BCUT2D eigenvalue weighted by molar-refractivity contribution is 0.0321. The number of rotatable bonds is 5. The summed E-state index contributed by atoms with van der Waals surface area (Å²) < 4.78 is 30.3. The molecule has 2 aromatic carbocycles. The fraction of sp³-hybridized carbons (Fsp3) is 0.484. The quantitative estimate of drug-likeness (QED) is 0.366. The number of hydrogen-bond acceptors (Lipinski definition) is 6. The Kier molecular flexibility index (Phi) is 6.93. The van der Waals surface area contributed by atoms with Gasteiger partial charge in [-0.3, -0.25) is 9.69 Å².